The summed E-state index contributed by atoms with van der Waals surface area (Å²) in [7, 11) is 0. The molecule has 16 heavy (non-hydrogen) atoms. The number of nitrogen functional groups attached to an aromatic ring is 2. The third-order valence-corrected chi connectivity index (χ3v) is 2.88. The lowest BCUT2D eigenvalue weighted by atomic mass is 9.78. The lowest BCUT2D eigenvalue weighted by Crippen LogP contribution is -2.21. The van der Waals surface area contributed by atoms with E-state index in [2.05, 4.69) is 26.8 Å². The number of benzene rings is 1. The first-order chi connectivity index (χ1) is 7.42. The van der Waals surface area contributed by atoms with E-state index in [0.29, 0.717) is 16.9 Å². The minimum Gasteiger partial charge on any atom is -0.398 e. The summed E-state index contributed by atoms with van der Waals surface area (Å²) in [6, 6.07) is 5.45. The predicted molar refractivity (Wildman–Crippen MR) is 67.9 cm³/mol. The smallest absolute Gasteiger partial charge is 0.0993 e. The fourth-order valence-electron chi connectivity index (χ4n) is 2.28. The Kier molecular flexibility index (Phi) is 3.44. The van der Waals surface area contributed by atoms with Crippen LogP contribution in [0, 0.1) is 11.3 Å². The van der Waals surface area contributed by atoms with Crippen molar-refractivity contribution in [2.24, 2.45) is 0 Å². The van der Waals surface area contributed by atoms with Crippen LogP contribution in [0.3, 0.4) is 0 Å². The second-order valence-corrected chi connectivity index (χ2v) is 4.78. The SMILES string of the molecule is CCCC(C)(C)c1c(N)cc(C#N)cc1N. The van der Waals surface area contributed by atoms with Gasteiger partial charge in [-0.15, -0.1) is 0 Å². The van der Waals surface area contributed by atoms with E-state index >= 15 is 0 Å². The van der Waals surface area contributed by atoms with Gasteiger partial charge in [0.15, 0.2) is 0 Å². The van der Waals surface area contributed by atoms with Gasteiger partial charge in [0.2, 0.25) is 0 Å². The molecule has 1 aromatic carbocycles. The molecule has 0 radical (unpaired) electrons. The van der Waals surface area contributed by atoms with E-state index in [1.165, 1.54) is 0 Å². The quantitative estimate of drug-likeness (QED) is 0.764. The zero-order valence-electron chi connectivity index (χ0n) is 10.2. The summed E-state index contributed by atoms with van der Waals surface area (Å²) in [5.41, 5.74) is 14.6. The molecule has 0 atom stereocenters. The van der Waals surface area contributed by atoms with Crippen LogP contribution in [0.5, 0.6) is 0 Å². The summed E-state index contributed by atoms with van der Waals surface area (Å²) < 4.78 is 0. The molecule has 0 aliphatic heterocycles. The number of anilines is 2. The van der Waals surface area contributed by atoms with Crippen LogP contribution < -0.4 is 11.5 Å². The zero-order valence-corrected chi connectivity index (χ0v) is 10.2. The maximum absolute atomic E-state index is 8.82. The van der Waals surface area contributed by atoms with E-state index < -0.39 is 0 Å². The van der Waals surface area contributed by atoms with E-state index in [9.17, 15) is 0 Å². The summed E-state index contributed by atoms with van der Waals surface area (Å²) in [6.07, 6.45) is 2.10. The van der Waals surface area contributed by atoms with Crippen molar-refractivity contribution in [2.45, 2.75) is 39.0 Å². The molecule has 0 saturated heterocycles. The number of hydrogen-bond acceptors (Lipinski definition) is 3. The van der Waals surface area contributed by atoms with E-state index in [-0.39, 0.29) is 5.41 Å². The molecule has 0 heterocycles. The standard InChI is InChI=1S/C13H19N3/c1-4-5-13(2,3)12-10(15)6-9(8-14)7-11(12)16/h6-7H,4-5,15-16H2,1-3H3. The Morgan fingerprint density at radius 1 is 1.25 bits per heavy atom. The summed E-state index contributed by atoms with van der Waals surface area (Å²) >= 11 is 0. The van der Waals surface area contributed by atoms with Gasteiger partial charge in [0.25, 0.3) is 0 Å². The van der Waals surface area contributed by atoms with Gasteiger partial charge in [-0.3, -0.25) is 0 Å². The van der Waals surface area contributed by atoms with E-state index in [1.54, 1.807) is 12.1 Å². The highest BCUT2D eigenvalue weighted by atomic mass is 14.6. The Morgan fingerprint density at radius 3 is 2.12 bits per heavy atom. The van der Waals surface area contributed by atoms with Crippen LogP contribution in [-0.4, -0.2) is 0 Å². The molecule has 86 valence electrons. The molecule has 1 rings (SSSR count). The largest absolute Gasteiger partial charge is 0.398 e. The molecule has 0 bridgehead atoms. The van der Waals surface area contributed by atoms with Gasteiger partial charge in [0, 0.05) is 16.9 Å². The first kappa shape index (κ1) is 12.4. The van der Waals surface area contributed by atoms with E-state index in [4.69, 9.17) is 16.7 Å². The molecule has 0 aliphatic carbocycles. The maximum atomic E-state index is 8.82. The van der Waals surface area contributed by atoms with Crippen LogP contribution in [-0.2, 0) is 5.41 Å². The summed E-state index contributed by atoms with van der Waals surface area (Å²) in [5.74, 6) is 0. The molecule has 0 saturated carbocycles. The molecular weight excluding hydrogens is 198 g/mol. The molecule has 0 amide bonds. The Morgan fingerprint density at radius 2 is 1.75 bits per heavy atom. The van der Waals surface area contributed by atoms with Crippen LogP contribution in [0.15, 0.2) is 12.1 Å². The van der Waals surface area contributed by atoms with Crippen LogP contribution in [0.25, 0.3) is 0 Å². The monoisotopic (exact) mass is 217 g/mol. The third-order valence-electron chi connectivity index (χ3n) is 2.88. The average molecular weight is 217 g/mol. The Labute approximate surface area is 97.1 Å². The number of nitrogens with zero attached hydrogens (tertiary/aromatic N) is 1. The summed E-state index contributed by atoms with van der Waals surface area (Å²) in [6.45, 7) is 6.40. The number of rotatable bonds is 3. The molecule has 4 N–H and O–H groups in total. The molecule has 0 aliphatic rings. The van der Waals surface area contributed by atoms with Crippen molar-refractivity contribution in [1.82, 2.24) is 0 Å². The maximum Gasteiger partial charge on any atom is 0.0993 e. The van der Waals surface area contributed by atoms with Crippen LogP contribution in [0.1, 0.15) is 44.7 Å². The molecule has 1 aromatic rings. The van der Waals surface area contributed by atoms with Gasteiger partial charge in [0.05, 0.1) is 11.6 Å². The highest BCUT2D eigenvalue weighted by molar-refractivity contribution is 5.67. The Balaban J connectivity index is 3.30. The van der Waals surface area contributed by atoms with Crippen LogP contribution >= 0.6 is 0 Å². The van der Waals surface area contributed by atoms with Gasteiger partial charge in [-0.05, 0) is 24.0 Å². The third kappa shape index (κ3) is 2.27. The first-order valence-corrected chi connectivity index (χ1v) is 5.52. The van der Waals surface area contributed by atoms with Crippen LogP contribution in [0.4, 0.5) is 11.4 Å². The molecule has 0 aromatic heterocycles. The molecule has 3 nitrogen and oxygen atoms in total. The van der Waals surface area contributed by atoms with Gasteiger partial charge in [-0.1, -0.05) is 27.2 Å². The zero-order chi connectivity index (χ0) is 12.3. The van der Waals surface area contributed by atoms with Crippen molar-refractivity contribution in [3.05, 3.63) is 23.3 Å². The van der Waals surface area contributed by atoms with Gasteiger partial charge in [0.1, 0.15) is 0 Å². The van der Waals surface area contributed by atoms with Crippen molar-refractivity contribution < 1.29 is 0 Å². The first-order valence-electron chi connectivity index (χ1n) is 5.52. The van der Waals surface area contributed by atoms with Gasteiger partial charge >= 0.3 is 0 Å². The van der Waals surface area contributed by atoms with Crippen molar-refractivity contribution in [3.8, 4) is 6.07 Å². The Hall–Kier alpha value is -1.69. The van der Waals surface area contributed by atoms with Gasteiger partial charge in [-0.2, -0.15) is 5.26 Å². The van der Waals surface area contributed by atoms with E-state index in [1.807, 2.05) is 0 Å². The summed E-state index contributed by atoms with van der Waals surface area (Å²) in [4.78, 5) is 0. The van der Waals surface area contributed by atoms with Gasteiger partial charge in [-0.25, -0.2) is 0 Å². The fraction of sp³-hybridized carbons (Fsp3) is 0.462. The minimum absolute atomic E-state index is 0.0447. The molecule has 0 unspecified atom stereocenters. The minimum atomic E-state index is -0.0447. The number of nitriles is 1. The van der Waals surface area contributed by atoms with Crippen molar-refractivity contribution in [1.29, 1.82) is 5.26 Å². The normalized spacial score (nSPS) is 11.1. The summed E-state index contributed by atoms with van der Waals surface area (Å²) in [5, 5.41) is 8.82. The van der Waals surface area contributed by atoms with E-state index in [0.717, 1.165) is 18.4 Å². The second kappa shape index (κ2) is 4.44. The predicted octanol–water partition coefficient (Wildman–Crippen LogP) is 2.80. The molecule has 0 fully saturated rings. The van der Waals surface area contributed by atoms with Crippen molar-refractivity contribution in [2.75, 3.05) is 11.5 Å². The number of nitrogens with two attached hydrogens (primary N) is 2. The van der Waals surface area contributed by atoms with Crippen molar-refractivity contribution >= 4 is 11.4 Å². The molecular formula is C13H19N3. The molecule has 0 spiro atoms. The second-order valence-electron chi connectivity index (χ2n) is 4.78. The highest BCUT2D eigenvalue weighted by Gasteiger charge is 2.24. The number of hydrogen-bond donors (Lipinski definition) is 2. The molecule has 3 heteroatoms. The lowest BCUT2D eigenvalue weighted by Gasteiger charge is -2.28. The Bertz CT molecular complexity index is 404. The fourth-order valence-corrected chi connectivity index (χ4v) is 2.28. The van der Waals surface area contributed by atoms with Crippen LogP contribution in [0.2, 0.25) is 0 Å². The van der Waals surface area contributed by atoms with Gasteiger partial charge < -0.3 is 11.5 Å². The lowest BCUT2D eigenvalue weighted by molar-refractivity contribution is 0.476. The highest BCUT2D eigenvalue weighted by Crippen LogP contribution is 2.37. The topological polar surface area (TPSA) is 75.8 Å². The van der Waals surface area contributed by atoms with Crippen molar-refractivity contribution in [3.63, 3.8) is 0 Å². The average Bonchev–Trinajstić information content (AvgIpc) is 2.15.